The van der Waals surface area contributed by atoms with Gasteiger partial charge in [-0.3, -0.25) is 4.57 Å². The lowest BCUT2D eigenvalue weighted by Gasteiger charge is -2.04. The molecule has 2 N–H and O–H groups in total. The van der Waals surface area contributed by atoms with E-state index in [2.05, 4.69) is 16.9 Å². The third-order valence-corrected chi connectivity index (χ3v) is 2.52. The number of rotatable bonds is 4. The molecule has 2 rings (SSSR count). The van der Waals surface area contributed by atoms with Gasteiger partial charge in [-0.25, -0.2) is 9.97 Å². The molecule has 0 radical (unpaired) electrons. The number of hydrogen-bond donors (Lipinski definition) is 1. The minimum Gasteiger partial charge on any atom is -0.369 e. The van der Waals surface area contributed by atoms with Crippen molar-refractivity contribution < 1.29 is 0 Å². The molecular weight excluding hydrogens is 188 g/mol. The molecule has 2 aromatic heterocycles. The predicted molar refractivity (Wildman–Crippen MR) is 61.5 cm³/mol. The molecule has 0 aliphatic heterocycles. The van der Waals surface area contributed by atoms with Crippen LogP contribution in [0, 0.1) is 0 Å². The van der Waals surface area contributed by atoms with Gasteiger partial charge in [0.15, 0.2) is 5.65 Å². The molecule has 0 amide bonds. The van der Waals surface area contributed by atoms with Gasteiger partial charge in [0.25, 0.3) is 0 Å². The number of aryl methyl sites for hydroxylation is 1. The smallest absolute Gasteiger partial charge is 0.202 e. The summed E-state index contributed by atoms with van der Waals surface area (Å²) in [4.78, 5) is 8.57. The van der Waals surface area contributed by atoms with Crippen LogP contribution in [0.15, 0.2) is 18.3 Å². The molecule has 4 nitrogen and oxygen atoms in total. The summed E-state index contributed by atoms with van der Waals surface area (Å²) < 4.78 is 1.99. The number of fused-ring (bicyclic) bond motifs is 1. The van der Waals surface area contributed by atoms with Crippen molar-refractivity contribution >= 4 is 17.1 Å². The van der Waals surface area contributed by atoms with Gasteiger partial charge in [0.1, 0.15) is 5.52 Å². The number of anilines is 1. The first-order valence-electron chi connectivity index (χ1n) is 5.39. The molecule has 0 aliphatic carbocycles. The summed E-state index contributed by atoms with van der Waals surface area (Å²) >= 11 is 0. The van der Waals surface area contributed by atoms with Crippen molar-refractivity contribution in [2.45, 2.75) is 32.7 Å². The highest BCUT2D eigenvalue weighted by Gasteiger charge is 2.07. The first-order chi connectivity index (χ1) is 7.33. The fraction of sp³-hybridized carbons (Fsp3) is 0.455. The number of imidazole rings is 1. The Labute approximate surface area is 89.1 Å². The second-order valence-electron chi connectivity index (χ2n) is 3.67. The van der Waals surface area contributed by atoms with Crippen LogP contribution in [0.4, 0.5) is 5.95 Å². The van der Waals surface area contributed by atoms with Crippen molar-refractivity contribution in [3.8, 4) is 0 Å². The Hall–Kier alpha value is -1.58. The lowest BCUT2D eigenvalue weighted by atomic mass is 10.2. The number of unbranched alkanes of at least 4 members (excludes halogenated alkanes) is 2. The quantitative estimate of drug-likeness (QED) is 0.777. The Balaban J connectivity index is 2.28. The number of nitrogens with two attached hydrogens (primary N) is 1. The van der Waals surface area contributed by atoms with E-state index in [4.69, 9.17) is 5.73 Å². The summed E-state index contributed by atoms with van der Waals surface area (Å²) in [6, 6.07) is 3.82. The van der Waals surface area contributed by atoms with Crippen LogP contribution < -0.4 is 5.73 Å². The van der Waals surface area contributed by atoms with Gasteiger partial charge in [-0.2, -0.15) is 0 Å². The maximum absolute atomic E-state index is 5.85. The highest BCUT2D eigenvalue weighted by Crippen LogP contribution is 2.15. The molecule has 0 saturated heterocycles. The summed E-state index contributed by atoms with van der Waals surface area (Å²) in [7, 11) is 0. The number of nitrogens with zero attached hydrogens (tertiary/aromatic N) is 3. The van der Waals surface area contributed by atoms with E-state index in [9.17, 15) is 0 Å². The van der Waals surface area contributed by atoms with Gasteiger partial charge >= 0.3 is 0 Å². The van der Waals surface area contributed by atoms with E-state index in [0.717, 1.165) is 24.1 Å². The topological polar surface area (TPSA) is 56.7 Å². The zero-order chi connectivity index (χ0) is 10.7. The van der Waals surface area contributed by atoms with Crippen LogP contribution in [0.1, 0.15) is 26.2 Å². The van der Waals surface area contributed by atoms with Gasteiger partial charge in [-0.05, 0) is 18.6 Å². The number of nitrogen functional groups attached to an aromatic ring is 1. The van der Waals surface area contributed by atoms with Crippen molar-refractivity contribution in [1.82, 2.24) is 14.5 Å². The second kappa shape index (κ2) is 4.29. The zero-order valence-electron chi connectivity index (χ0n) is 8.98. The highest BCUT2D eigenvalue weighted by molar-refractivity contribution is 5.73. The molecule has 0 atom stereocenters. The molecule has 0 fully saturated rings. The van der Waals surface area contributed by atoms with Crippen LogP contribution in [-0.2, 0) is 6.54 Å². The van der Waals surface area contributed by atoms with E-state index in [1.54, 1.807) is 6.20 Å². The Morgan fingerprint density at radius 1 is 1.40 bits per heavy atom. The number of aromatic nitrogens is 3. The summed E-state index contributed by atoms with van der Waals surface area (Å²) in [6.45, 7) is 3.10. The van der Waals surface area contributed by atoms with E-state index >= 15 is 0 Å². The van der Waals surface area contributed by atoms with Crippen LogP contribution in [0.2, 0.25) is 0 Å². The summed E-state index contributed by atoms with van der Waals surface area (Å²) in [6.07, 6.45) is 5.33. The Kier molecular flexibility index (Phi) is 2.85. The zero-order valence-corrected chi connectivity index (χ0v) is 8.98. The van der Waals surface area contributed by atoms with E-state index in [-0.39, 0.29) is 0 Å². The van der Waals surface area contributed by atoms with Crippen LogP contribution in [0.3, 0.4) is 0 Å². The lowest BCUT2D eigenvalue weighted by Crippen LogP contribution is -2.04. The summed E-state index contributed by atoms with van der Waals surface area (Å²) in [5, 5.41) is 0. The van der Waals surface area contributed by atoms with Crippen molar-refractivity contribution in [3.63, 3.8) is 0 Å². The van der Waals surface area contributed by atoms with Crippen molar-refractivity contribution in [2.75, 3.05) is 5.73 Å². The normalized spacial score (nSPS) is 11.0. The van der Waals surface area contributed by atoms with E-state index in [1.165, 1.54) is 12.8 Å². The lowest BCUT2D eigenvalue weighted by molar-refractivity contribution is 0.616. The fourth-order valence-electron chi connectivity index (χ4n) is 1.72. The van der Waals surface area contributed by atoms with Crippen LogP contribution in [-0.4, -0.2) is 14.5 Å². The van der Waals surface area contributed by atoms with Crippen LogP contribution >= 0.6 is 0 Å². The van der Waals surface area contributed by atoms with Crippen molar-refractivity contribution in [1.29, 1.82) is 0 Å². The molecule has 2 aromatic rings. The molecule has 0 aromatic carbocycles. The van der Waals surface area contributed by atoms with Gasteiger partial charge in [0, 0.05) is 12.7 Å². The minimum absolute atomic E-state index is 0.569. The Morgan fingerprint density at radius 3 is 3.07 bits per heavy atom. The van der Waals surface area contributed by atoms with Crippen LogP contribution in [0.25, 0.3) is 11.2 Å². The molecule has 0 aliphatic rings. The molecule has 0 unspecified atom stereocenters. The maximum Gasteiger partial charge on any atom is 0.202 e. The third kappa shape index (κ3) is 1.93. The van der Waals surface area contributed by atoms with E-state index in [1.807, 2.05) is 16.7 Å². The van der Waals surface area contributed by atoms with Gasteiger partial charge in [0.2, 0.25) is 5.95 Å². The molecule has 0 bridgehead atoms. The molecule has 2 heterocycles. The first-order valence-corrected chi connectivity index (χ1v) is 5.39. The van der Waals surface area contributed by atoms with Gasteiger partial charge in [-0.15, -0.1) is 0 Å². The third-order valence-electron chi connectivity index (χ3n) is 2.52. The largest absolute Gasteiger partial charge is 0.369 e. The van der Waals surface area contributed by atoms with Gasteiger partial charge in [0.05, 0.1) is 0 Å². The number of hydrogen-bond acceptors (Lipinski definition) is 3. The molecule has 4 heteroatoms. The average Bonchev–Trinajstić information content (AvgIpc) is 2.56. The van der Waals surface area contributed by atoms with Gasteiger partial charge < -0.3 is 5.73 Å². The van der Waals surface area contributed by atoms with E-state index in [0.29, 0.717) is 5.95 Å². The molecule has 0 saturated carbocycles. The fourth-order valence-corrected chi connectivity index (χ4v) is 1.72. The summed E-state index contributed by atoms with van der Waals surface area (Å²) in [5.41, 5.74) is 7.62. The molecule has 0 spiro atoms. The second-order valence-corrected chi connectivity index (χ2v) is 3.67. The standard InChI is InChI=1S/C11H16N4/c1-2-3-4-8-15-10-9(14-11(15)12)6-5-7-13-10/h5-7H,2-4,8H2,1H3,(H2,12,14). The highest BCUT2D eigenvalue weighted by atomic mass is 15.2. The monoisotopic (exact) mass is 204 g/mol. The average molecular weight is 204 g/mol. The van der Waals surface area contributed by atoms with E-state index < -0.39 is 0 Å². The molecule has 80 valence electrons. The number of pyridine rings is 1. The minimum atomic E-state index is 0.569. The van der Waals surface area contributed by atoms with Crippen molar-refractivity contribution in [3.05, 3.63) is 18.3 Å². The predicted octanol–water partition coefficient (Wildman–Crippen LogP) is 2.20. The van der Waals surface area contributed by atoms with Gasteiger partial charge in [-0.1, -0.05) is 19.8 Å². The summed E-state index contributed by atoms with van der Waals surface area (Å²) in [5.74, 6) is 0.569. The molecule has 15 heavy (non-hydrogen) atoms. The van der Waals surface area contributed by atoms with Crippen LogP contribution in [0.5, 0.6) is 0 Å². The van der Waals surface area contributed by atoms with Crippen molar-refractivity contribution in [2.24, 2.45) is 0 Å². The maximum atomic E-state index is 5.85. The SMILES string of the molecule is CCCCCn1c(N)nc2cccnc21. The first kappa shape index (κ1) is 9.96. The molecular formula is C11H16N4. The Bertz CT molecular complexity index is 447. The Morgan fingerprint density at radius 2 is 2.27 bits per heavy atom.